The van der Waals surface area contributed by atoms with Gasteiger partial charge in [-0.3, -0.25) is 5.32 Å². The Morgan fingerprint density at radius 2 is 1.53 bits per heavy atom. The lowest BCUT2D eigenvalue weighted by Crippen LogP contribution is -2.33. The summed E-state index contributed by atoms with van der Waals surface area (Å²) in [5.41, 5.74) is 0.911. The maximum absolute atomic E-state index is 5.52. The van der Waals surface area contributed by atoms with Gasteiger partial charge in [0.1, 0.15) is 0 Å². The van der Waals surface area contributed by atoms with Gasteiger partial charge in [-0.25, -0.2) is 0 Å². The molecule has 1 saturated carbocycles. The van der Waals surface area contributed by atoms with Crippen LogP contribution in [0.5, 0.6) is 0 Å². The third-order valence-corrected chi connectivity index (χ3v) is 4.45. The van der Waals surface area contributed by atoms with Crippen LogP contribution in [-0.2, 0) is 4.74 Å². The molecule has 0 spiro atoms. The lowest BCUT2D eigenvalue weighted by molar-refractivity contribution is 0.0564. The van der Waals surface area contributed by atoms with Crippen LogP contribution in [0, 0.1) is 16.7 Å². The van der Waals surface area contributed by atoms with Crippen LogP contribution in [0.25, 0.3) is 0 Å². The van der Waals surface area contributed by atoms with Gasteiger partial charge in [-0.2, -0.15) is 0 Å². The predicted octanol–water partition coefficient (Wildman–Crippen LogP) is 3.03. The van der Waals surface area contributed by atoms with E-state index >= 15 is 0 Å². The summed E-state index contributed by atoms with van der Waals surface area (Å²) in [6, 6.07) is 0.536. The maximum Gasteiger partial charge on any atom is 0.0970 e. The number of nitrogens with one attached hydrogen (secondary N) is 1. The van der Waals surface area contributed by atoms with Gasteiger partial charge >= 0.3 is 0 Å². The first-order chi connectivity index (χ1) is 6.71. The van der Waals surface area contributed by atoms with Crippen molar-refractivity contribution in [1.82, 2.24) is 5.32 Å². The van der Waals surface area contributed by atoms with E-state index in [2.05, 4.69) is 53.8 Å². The van der Waals surface area contributed by atoms with Gasteiger partial charge < -0.3 is 4.74 Å². The molecule has 0 aromatic heterocycles. The van der Waals surface area contributed by atoms with Gasteiger partial charge in [-0.1, -0.05) is 27.7 Å². The molecule has 2 nitrogen and oxygen atoms in total. The molecule has 1 atom stereocenters. The number of rotatable bonds is 5. The van der Waals surface area contributed by atoms with Gasteiger partial charge in [-0.05, 0) is 37.5 Å². The summed E-state index contributed by atoms with van der Waals surface area (Å²) >= 11 is 0. The molecule has 1 unspecified atom stereocenters. The molecule has 0 amide bonds. The lowest BCUT2D eigenvalue weighted by atomic mass is 10.0. The quantitative estimate of drug-likeness (QED) is 0.709. The van der Waals surface area contributed by atoms with Crippen LogP contribution in [-0.4, -0.2) is 18.9 Å². The summed E-state index contributed by atoms with van der Waals surface area (Å²) in [6.45, 7) is 16.5. The highest BCUT2D eigenvalue weighted by Crippen LogP contribution is 2.69. The first-order valence-corrected chi connectivity index (χ1v) is 6.06. The Hall–Kier alpha value is -0.0800. The van der Waals surface area contributed by atoms with E-state index in [1.54, 1.807) is 0 Å². The van der Waals surface area contributed by atoms with Gasteiger partial charge in [0.2, 0.25) is 0 Å². The third-order valence-electron chi connectivity index (χ3n) is 4.45. The lowest BCUT2D eigenvalue weighted by Gasteiger charge is -2.17. The Morgan fingerprint density at radius 3 is 1.87 bits per heavy atom. The number of ether oxygens (including phenoxy) is 1. The fourth-order valence-electron chi connectivity index (χ4n) is 2.96. The van der Waals surface area contributed by atoms with Crippen LogP contribution >= 0.6 is 0 Å². The highest BCUT2D eigenvalue weighted by Gasteiger charge is 2.66. The van der Waals surface area contributed by atoms with E-state index in [1.165, 1.54) is 0 Å². The molecule has 90 valence electrons. The number of hydrogen-bond donors (Lipinski definition) is 1. The van der Waals surface area contributed by atoms with Crippen LogP contribution in [0.3, 0.4) is 0 Å². The van der Waals surface area contributed by atoms with Crippen molar-refractivity contribution in [3.8, 4) is 0 Å². The molecule has 2 heteroatoms. The van der Waals surface area contributed by atoms with Gasteiger partial charge in [0.15, 0.2) is 0 Å². The smallest absolute Gasteiger partial charge is 0.0970 e. The van der Waals surface area contributed by atoms with E-state index in [-0.39, 0.29) is 0 Å². The second kappa shape index (κ2) is 4.06. The standard InChI is InChI=1S/C13H27NO/c1-9(2)15-8-14-10(3)11-12(4,5)13(11,6)7/h9-11,14H,8H2,1-7H3. The van der Waals surface area contributed by atoms with Crippen molar-refractivity contribution in [2.24, 2.45) is 16.7 Å². The average Bonchev–Trinajstić information content (AvgIpc) is 2.41. The molecule has 0 aliphatic heterocycles. The Labute approximate surface area is 94.8 Å². The maximum atomic E-state index is 5.52. The van der Waals surface area contributed by atoms with E-state index in [0.29, 0.717) is 29.7 Å². The van der Waals surface area contributed by atoms with Crippen molar-refractivity contribution in [2.45, 2.75) is 60.6 Å². The van der Waals surface area contributed by atoms with Crippen molar-refractivity contribution in [3.05, 3.63) is 0 Å². The zero-order valence-electron chi connectivity index (χ0n) is 11.3. The van der Waals surface area contributed by atoms with Crippen LogP contribution in [0.2, 0.25) is 0 Å². The van der Waals surface area contributed by atoms with Crippen LogP contribution in [0.4, 0.5) is 0 Å². The van der Waals surface area contributed by atoms with Crippen molar-refractivity contribution < 1.29 is 4.74 Å². The zero-order valence-corrected chi connectivity index (χ0v) is 11.3. The second-order valence-corrected chi connectivity index (χ2v) is 6.27. The van der Waals surface area contributed by atoms with Gasteiger partial charge in [0, 0.05) is 6.04 Å². The monoisotopic (exact) mass is 213 g/mol. The fraction of sp³-hybridized carbons (Fsp3) is 1.00. The molecular formula is C13H27NO. The molecule has 0 radical (unpaired) electrons. The topological polar surface area (TPSA) is 21.3 Å². The number of hydrogen-bond acceptors (Lipinski definition) is 2. The van der Waals surface area contributed by atoms with E-state index in [0.717, 1.165) is 5.92 Å². The summed E-state index contributed by atoms with van der Waals surface area (Å²) < 4.78 is 5.52. The van der Waals surface area contributed by atoms with Crippen molar-refractivity contribution in [1.29, 1.82) is 0 Å². The molecule has 0 aromatic rings. The summed E-state index contributed by atoms with van der Waals surface area (Å²) in [6.07, 6.45) is 0.310. The third kappa shape index (κ3) is 2.36. The summed E-state index contributed by atoms with van der Waals surface area (Å²) in [5.74, 6) is 0.751. The largest absolute Gasteiger partial charge is 0.364 e. The summed E-state index contributed by atoms with van der Waals surface area (Å²) in [5, 5.41) is 3.46. The Kier molecular flexibility index (Phi) is 3.52. The Balaban J connectivity index is 2.34. The summed E-state index contributed by atoms with van der Waals surface area (Å²) in [7, 11) is 0. The van der Waals surface area contributed by atoms with E-state index in [9.17, 15) is 0 Å². The molecule has 0 heterocycles. The van der Waals surface area contributed by atoms with Crippen LogP contribution < -0.4 is 5.32 Å². The first-order valence-electron chi connectivity index (χ1n) is 6.06. The second-order valence-electron chi connectivity index (χ2n) is 6.27. The van der Waals surface area contributed by atoms with Gasteiger partial charge in [0.25, 0.3) is 0 Å². The summed E-state index contributed by atoms with van der Waals surface area (Å²) in [4.78, 5) is 0. The normalized spacial score (nSPS) is 25.6. The molecule has 1 fully saturated rings. The van der Waals surface area contributed by atoms with Gasteiger partial charge in [-0.15, -0.1) is 0 Å². The molecule has 1 aliphatic rings. The Morgan fingerprint density at radius 1 is 1.07 bits per heavy atom. The molecule has 0 aromatic carbocycles. The van der Waals surface area contributed by atoms with Crippen molar-refractivity contribution in [2.75, 3.05) is 6.73 Å². The van der Waals surface area contributed by atoms with Crippen LogP contribution in [0.1, 0.15) is 48.5 Å². The molecule has 1 N–H and O–H groups in total. The highest BCUT2D eigenvalue weighted by molar-refractivity contribution is 5.15. The minimum atomic E-state index is 0.310. The predicted molar refractivity (Wildman–Crippen MR) is 64.7 cm³/mol. The minimum absolute atomic E-state index is 0.310. The zero-order chi connectivity index (χ0) is 11.9. The van der Waals surface area contributed by atoms with E-state index in [1.807, 2.05) is 0 Å². The van der Waals surface area contributed by atoms with Crippen molar-refractivity contribution in [3.63, 3.8) is 0 Å². The first kappa shape index (κ1) is 13.0. The molecular weight excluding hydrogens is 186 g/mol. The van der Waals surface area contributed by atoms with Crippen molar-refractivity contribution >= 4 is 0 Å². The highest BCUT2D eigenvalue weighted by atomic mass is 16.5. The van der Waals surface area contributed by atoms with E-state index < -0.39 is 0 Å². The molecule has 0 saturated heterocycles. The fourth-order valence-corrected chi connectivity index (χ4v) is 2.96. The van der Waals surface area contributed by atoms with E-state index in [4.69, 9.17) is 4.74 Å². The van der Waals surface area contributed by atoms with Crippen LogP contribution in [0.15, 0.2) is 0 Å². The molecule has 15 heavy (non-hydrogen) atoms. The average molecular weight is 213 g/mol. The van der Waals surface area contributed by atoms with Gasteiger partial charge in [0.05, 0.1) is 12.8 Å². The molecule has 0 bridgehead atoms. The Bertz CT molecular complexity index is 207. The molecule has 1 rings (SSSR count). The minimum Gasteiger partial charge on any atom is -0.364 e. The SMILES string of the molecule is CC(C)OCNC(C)C1C(C)(C)C1(C)C. The molecule has 1 aliphatic carbocycles.